The third-order valence-electron chi connectivity index (χ3n) is 4.56. The lowest BCUT2D eigenvalue weighted by Crippen LogP contribution is -2.49. The zero-order chi connectivity index (χ0) is 14.5. The Morgan fingerprint density at radius 1 is 1.05 bits per heavy atom. The van der Waals surface area contributed by atoms with Crippen molar-refractivity contribution in [3.63, 3.8) is 0 Å². The maximum Gasteiger partial charge on any atom is 0.222 e. The fraction of sp³-hybridized carbons (Fsp3) is 0.588. The molecule has 1 aromatic rings. The molecule has 0 saturated carbocycles. The number of carbonyl (C=O) groups excluding carboxylic acids is 1. The van der Waals surface area contributed by atoms with E-state index < -0.39 is 0 Å². The number of amides is 1. The first-order valence-corrected chi connectivity index (χ1v) is 9.14. The summed E-state index contributed by atoms with van der Waals surface area (Å²) in [5.74, 6) is 3.48. The number of piperazine rings is 1. The topological polar surface area (TPSA) is 23.6 Å². The van der Waals surface area contributed by atoms with E-state index in [-0.39, 0.29) is 0 Å². The Morgan fingerprint density at radius 3 is 2.38 bits per heavy atom. The Morgan fingerprint density at radius 2 is 1.71 bits per heavy atom. The second-order valence-electron chi connectivity index (χ2n) is 5.96. The SMILES string of the molecule is O=C(CC1CCSCC1)N1CCN(c2ccccc2)CC1. The van der Waals surface area contributed by atoms with Gasteiger partial charge in [0.15, 0.2) is 0 Å². The van der Waals surface area contributed by atoms with E-state index in [0.717, 1.165) is 32.6 Å². The molecular weight excluding hydrogens is 280 g/mol. The van der Waals surface area contributed by atoms with Crippen molar-refractivity contribution in [2.45, 2.75) is 19.3 Å². The van der Waals surface area contributed by atoms with Gasteiger partial charge in [-0.05, 0) is 42.4 Å². The number of nitrogens with zero attached hydrogens (tertiary/aromatic N) is 2. The number of benzene rings is 1. The molecule has 4 heteroatoms. The molecule has 2 aliphatic rings. The predicted molar refractivity (Wildman–Crippen MR) is 89.9 cm³/mol. The molecule has 0 atom stereocenters. The van der Waals surface area contributed by atoms with E-state index in [9.17, 15) is 4.79 Å². The summed E-state index contributed by atoms with van der Waals surface area (Å²) in [6.45, 7) is 3.65. The zero-order valence-electron chi connectivity index (χ0n) is 12.5. The molecule has 0 bridgehead atoms. The van der Waals surface area contributed by atoms with Crippen LogP contribution in [0.2, 0.25) is 0 Å². The molecular formula is C17H24N2OS. The van der Waals surface area contributed by atoms with Crippen molar-refractivity contribution in [3.05, 3.63) is 30.3 Å². The highest BCUT2D eigenvalue weighted by atomic mass is 32.2. The van der Waals surface area contributed by atoms with E-state index in [1.165, 1.54) is 30.0 Å². The van der Waals surface area contributed by atoms with Gasteiger partial charge in [-0.1, -0.05) is 18.2 Å². The summed E-state index contributed by atoms with van der Waals surface area (Å²) in [6, 6.07) is 10.5. The fourth-order valence-corrected chi connectivity index (χ4v) is 4.38. The van der Waals surface area contributed by atoms with Crippen molar-refractivity contribution in [2.24, 2.45) is 5.92 Å². The van der Waals surface area contributed by atoms with E-state index in [1.54, 1.807) is 0 Å². The van der Waals surface area contributed by atoms with Crippen LogP contribution in [0.4, 0.5) is 5.69 Å². The van der Waals surface area contributed by atoms with Crippen LogP contribution in [0.5, 0.6) is 0 Å². The molecule has 2 aliphatic heterocycles. The molecule has 2 fully saturated rings. The van der Waals surface area contributed by atoms with E-state index in [4.69, 9.17) is 0 Å². The third kappa shape index (κ3) is 3.94. The van der Waals surface area contributed by atoms with Crippen molar-refractivity contribution >= 4 is 23.4 Å². The summed E-state index contributed by atoms with van der Waals surface area (Å²) < 4.78 is 0. The number of rotatable bonds is 3. The van der Waals surface area contributed by atoms with Crippen molar-refractivity contribution in [1.29, 1.82) is 0 Å². The Bertz CT molecular complexity index is 451. The molecule has 0 radical (unpaired) electrons. The lowest BCUT2D eigenvalue weighted by Gasteiger charge is -2.37. The minimum atomic E-state index is 0.375. The molecule has 114 valence electrons. The van der Waals surface area contributed by atoms with Crippen LogP contribution in [0.3, 0.4) is 0 Å². The van der Waals surface area contributed by atoms with Crippen molar-refractivity contribution in [3.8, 4) is 0 Å². The number of carbonyl (C=O) groups is 1. The first kappa shape index (κ1) is 14.8. The van der Waals surface area contributed by atoms with Gasteiger partial charge in [0.25, 0.3) is 0 Å². The fourth-order valence-electron chi connectivity index (χ4n) is 3.18. The van der Waals surface area contributed by atoms with Crippen LogP contribution < -0.4 is 4.90 Å². The Hall–Kier alpha value is -1.16. The molecule has 0 aromatic heterocycles. The van der Waals surface area contributed by atoms with Crippen molar-refractivity contribution < 1.29 is 4.79 Å². The zero-order valence-corrected chi connectivity index (χ0v) is 13.4. The van der Waals surface area contributed by atoms with Crippen LogP contribution in [0.15, 0.2) is 30.3 Å². The molecule has 0 aliphatic carbocycles. The highest BCUT2D eigenvalue weighted by molar-refractivity contribution is 7.99. The number of hydrogen-bond acceptors (Lipinski definition) is 3. The van der Waals surface area contributed by atoms with Gasteiger partial charge in [0.1, 0.15) is 0 Å². The minimum absolute atomic E-state index is 0.375. The Labute approximate surface area is 131 Å². The molecule has 2 saturated heterocycles. The Kier molecular flexibility index (Phi) is 5.07. The van der Waals surface area contributed by atoms with Gasteiger partial charge in [-0.3, -0.25) is 4.79 Å². The third-order valence-corrected chi connectivity index (χ3v) is 5.61. The van der Waals surface area contributed by atoms with Crippen molar-refractivity contribution in [2.75, 3.05) is 42.6 Å². The molecule has 0 N–H and O–H groups in total. The van der Waals surface area contributed by atoms with Crippen LogP contribution in [0.1, 0.15) is 19.3 Å². The summed E-state index contributed by atoms with van der Waals surface area (Å²) in [4.78, 5) is 16.9. The first-order chi connectivity index (χ1) is 10.3. The smallest absolute Gasteiger partial charge is 0.222 e. The normalized spacial score (nSPS) is 20.6. The van der Waals surface area contributed by atoms with Crippen LogP contribution in [0, 0.1) is 5.92 Å². The van der Waals surface area contributed by atoms with E-state index in [2.05, 4.69) is 34.1 Å². The average Bonchev–Trinajstić information content (AvgIpc) is 2.57. The van der Waals surface area contributed by atoms with Gasteiger partial charge in [0, 0.05) is 38.3 Å². The quantitative estimate of drug-likeness (QED) is 0.858. The van der Waals surface area contributed by atoms with E-state index in [1.807, 2.05) is 17.8 Å². The number of anilines is 1. The summed E-state index contributed by atoms with van der Waals surface area (Å²) in [6.07, 6.45) is 3.21. The summed E-state index contributed by atoms with van der Waals surface area (Å²) in [7, 11) is 0. The monoisotopic (exact) mass is 304 g/mol. The largest absolute Gasteiger partial charge is 0.368 e. The Balaban J connectivity index is 1.47. The lowest BCUT2D eigenvalue weighted by molar-refractivity contribution is -0.132. The van der Waals surface area contributed by atoms with Gasteiger partial charge in [0.2, 0.25) is 5.91 Å². The molecule has 1 amide bonds. The second kappa shape index (κ2) is 7.21. The van der Waals surface area contributed by atoms with Crippen molar-refractivity contribution in [1.82, 2.24) is 4.90 Å². The van der Waals surface area contributed by atoms with Crippen LogP contribution in [-0.2, 0) is 4.79 Å². The molecule has 3 nitrogen and oxygen atoms in total. The van der Waals surface area contributed by atoms with E-state index in [0.29, 0.717) is 11.8 Å². The number of thioether (sulfide) groups is 1. The molecule has 3 rings (SSSR count). The molecule has 1 aromatic carbocycles. The van der Waals surface area contributed by atoms with Gasteiger partial charge in [-0.15, -0.1) is 0 Å². The van der Waals surface area contributed by atoms with Gasteiger partial charge in [0.05, 0.1) is 0 Å². The lowest BCUT2D eigenvalue weighted by atomic mass is 9.98. The van der Waals surface area contributed by atoms with Crippen LogP contribution in [-0.4, -0.2) is 48.5 Å². The minimum Gasteiger partial charge on any atom is -0.368 e. The van der Waals surface area contributed by atoms with Gasteiger partial charge in [-0.2, -0.15) is 11.8 Å². The average molecular weight is 304 g/mol. The van der Waals surface area contributed by atoms with Gasteiger partial charge < -0.3 is 9.80 Å². The molecule has 0 spiro atoms. The van der Waals surface area contributed by atoms with Crippen LogP contribution >= 0.6 is 11.8 Å². The first-order valence-electron chi connectivity index (χ1n) is 7.98. The maximum atomic E-state index is 12.4. The predicted octanol–water partition coefficient (Wildman–Crippen LogP) is 2.87. The van der Waals surface area contributed by atoms with Crippen LogP contribution in [0.25, 0.3) is 0 Å². The summed E-state index contributed by atoms with van der Waals surface area (Å²) in [5, 5.41) is 0. The summed E-state index contributed by atoms with van der Waals surface area (Å²) in [5.41, 5.74) is 1.27. The van der Waals surface area contributed by atoms with Gasteiger partial charge >= 0.3 is 0 Å². The highest BCUT2D eigenvalue weighted by Gasteiger charge is 2.24. The molecule has 2 heterocycles. The summed E-state index contributed by atoms with van der Waals surface area (Å²) >= 11 is 2.03. The molecule has 0 unspecified atom stereocenters. The number of hydrogen-bond donors (Lipinski definition) is 0. The van der Waals surface area contributed by atoms with E-state index >= 15 is 0 Å². The molecule has 21 heavy (non-hydrogen) atoms. The second-order valence-corrected chi connectivity index (χ2v) is 7.19. The highest BCUT2D eigenvalue weighted by Crippen LogP contribution is 2.26. The maximum absolute atomic E-state index is 12.4. The van der Waals surface area contributed by atoms with Gasteiger partial charge in [-0.25, -0.2) is 0 Å². The number of para-hydroxylation sites is 1. The standard InChI is InChI=1S/C17H24N2OS/c20-17(14-15-6-12-21-13-7-15)19-10-8-18(9-11-19)16-4-2-1-3-5-16/h1-5,15H,6-14H2.